The number of fused-ring (bicyclic) bond motifs is 1. The van der Waals surface area contributed by atoms with Crippen molar-refractivity contribution < 1.29 is 4.42 Å². The van der Waals surface area contributed by atoms with Crippen molar-refractivity contribution in [2.45, 2.75) is 183 Å². The molecule has 0 spiro atoms. The average molecular weight is 723 g/mol. The summed E-state index contributed by atoms with van der Waals surface area (Å²) >= 11 is 0. The van der Waals surface area contributed by atoms with Crippen LogP contribution in [0, 0.1) is 17.3 Å². The molecular weight excluding hydrogens is 643 g/mol. The van der Waals surface area contributed by atoms with Crippen molar-refractivity contribution in [1.82, 2.24) is 10.6 Å². The molecule has 1 aromatic rings. The Morgan fingerprint density at radius 2 is 1.74 bits per heavy atom. The van der Waals surface area contributed by atoms with E-state index in [1.807, 2.05) is 6.08 Å². The van der Waals surface area contributed by atoms with Crippen molar-refractivity contribution in [1.29, 1.82) is 0 Å². The average Bonchev–Trinajstić information content (AvgIpc) is 3.54. The highest BCUT2D eigenvalue weighted by atomic mass is 16.3. The summed E-state index contributed by atoms with van der Waals surface area (Å²) in [7, 11) is 0. The van der Waals surface area contributed by atoms with E-state index in [2.05, 4.69) is 163 Å². The standard InChI is InChI=1S/C49H79BN2O/c1-17-22-39(19-3)51-42-31-36(8)32-43(52-41(20-4)37(9)27-28-47(10,11)12)45(42)50(38(18-2)24-21-23-35(7)26-25-34(5)6)40-33-53-46-44(40)48(13,14)29-30-49(46,15)16/h17,19-21,24,27,32-35,38-39,42,51-52H,1,3,18,22-23,25-26,28-31H2,2,4-16H3/b24-21-,37-27-,41-20+. The van der Waals surface area contributed by atoms with Crippen LogP contribution in [0.2, 0.25) is 5.82 Å². The Morgan fingerprint density at radius 3 is 2.32 bits per heavy atom. The number of hydrogen-bond donors (Lipinski definition) is 2. The molecule has 0 bridgehead atoms. The summed E-state index contributed by atoms with van der Waals surface area (Å²) in [5.41, 5.74) is 9.54. The zero-order valence-electron chi connectivity index (χ0n) is 36.8. The van der Waals surface area contributed by atoms with Gasteiger partial charge in [-0.05, 0) is 110 Å². The van der Waals surface area contributed by atoms with Gasteiger partial charge in [-0.3, -0.25) is 0 Å². The predicted octanol–water partition coefficient (Wildman–Crippen LogP) is 13.2. The molecule has 4 atom stereocenters. The van der Waals surface area contributed by atoms with Crippen molar-refractivity contribution in [2.24, 2.45) is 17.3 Å². The number of nitrogens with one attached hydrogen (secondary N) is 2. The van der Waals surface area contributed by atoms with E-state index in [4.69, 9.17) is 4.42 Å². The van der Waals surface area contributed by atoms with Gasteiger partial charge in [0.15, 0.2) is 0 Å². The largest absolute Gasteiger partial charge is 0.469 e. The maximum Gasteiger partial charge on any atom is 0.220 e. The van der Waals surface area contributed by atoms with Crippen LogP contribution in [0.4, 0.5) is 0 Å². The summed E-state index contributed by atoms with van der Waals surface area (Å²) in [5.74, 6) is 2.90. The van der Waals surface area contributed by atoms with Gasteiger partial charge in [-0.2, -0.15) is 0 Å². The minimum atomic E-state index is -0.00179. The lowest BCUT2D eigenvalue weighted by Crippen LogP contribution is -2.52. The fourth-order valence-electron chi connectivity index (χ4n) is 8.43. The molecule has 294 valence electrons. The molecule has 2 N–H and O–H groups in total. The summed E-state index contributed by atoms with van der Waals surface area (Å²) in [4.78, 5) is 0. The zero-order valence-corrected chi connectivity index (χ0v) is 36.8. The molecule has 0 saturated heterocycles. The molecule has 0 radical (unpaired) electrons. The second-order valence-corrected chi connectivity index (χ2v) is 19.6. The van der Waals surface area contributed by atoms with E-state index in [1.54, 1.807) is 0 Å². The second kappa shape index (κ2) is 19.2. The highest BCUT2D eigenvalue weighted by Crippen LogP contribution is 2.47. The highest BCUT2D eigenvalue weighted by molar-refractivity contribution is 6.82. The first kappa shape index (κ1) is 44.7. The van der Waals surface area contributed by atoms with Crippen LogP contribution in [0.3, 0.4) is 0 Å². The molecule has 0 saturated carbocycles. The van der Waals surface area contributed by atoms with Gasteiger partial charge < -0.3 is 15.1 Å². The smallest absolute Gasteiger partial charge is 0.220 e. The Hall–Kier alpha value is -2.72. The first-order valence-corrected chi connectivity index (χ1v) is 21.1. The quantitative estimate of drug-likeness (QED) is 0.0848. The fourth-order valence-corrected chi connectivity index (χ4v) is 8.43. The van der Waals surface area contributed by atoms with Crippen LogP contribution in [0.1, 0.15) is 166 Å². The van der Waals surface area contributed by atoms with Gasteiger partial charge >= 0.3 is 0 Å². The molecule has 4 unspecified atom stereocenters. The third kappa shape index (κ3) is 12.1. The van der Waals surface area contributed by atoms with Crippen LogP contribution in [0.15, 0.2) is 94.4 Å². The van der Waals surface area contributed by atoms with Gasteiger partial charge in [0.05, 0.1) is 6.26 Å². The van der Waals surface area contributed by atoms with Gasteiger partial charge in [-0.25, -0.2) is 0 Å². The van der Waals surface area contributed by atoms with E-state index >= 15 is 0 Å². The van der Waals surface area contributed by atoms with E-state index in [1.165, 1.54) is 57.6 Å². The summed E-state index contributed by atoms with van der Waals surface area (Å²) in [6.45, 7) is 41.2. The molecule has 4 heteroatoms. The first-order chi connectivity index (χ1) is 24.8. The normalized spacial score (nSPS) is 21.0. The molecule has 1 heterocycles. The SMILES string of the molecule is C=CCC(C=C)NC1CC(C)=CC(NC(=C/C)/C(C)=C\CC(C)(C)C)=C1B(c1coc2c1C(C)(C)CCC2(C)C)C(/C=C\CC(C)CCC(C)C)CC. The predicted molar refractivity (Wildman–Crippen MR) is 236 cm³/mol. The Labute approximate surface area is 328 Å². The molecule has 3 rings (SSSR count). The van der Waals surface area contributed by atoms with E-state index in [0.29, 0.717) is 11.7 Å². The monoisotopic (exact) mass is 723 g/mol. The molecule has 1 aromatic heterocycles. The molecule has 2 aliphatic carbocycles. The van der Waals surface area contributed by atoms with Gasteiger partial charge in [-0.1, -0.05) is 143 Å². The fraction of sp³-hybridized carbons (Fsp3) is 0.633. The zero-order chi connectivity index (χ0) is 39.7. The summed E-state index contributed by atoms with van der Waals surface area (Å²) in [6.07, 6.45) is 28.2. The van der Waals surface area contributed by atoms with Gasteiger partial charge in [-0.15, -0.1) is 13.2 Å². The number of rotatable bonds is 19. The van der Waals surface area contributed by atoms with Gasteiger partial charge in [0.2, 0.25) is 6.71 Å². The number of allylic oxidation sites excluding steroid dienone is 6. The van der Waals surface area contributed by atoms with Crippen LogP contribution in [0.5, 0.6) is 0 Å². The number of hydrogen-bond acceptors (Lipinski definition) is 3. The summed E-state index contributed by atoms with van der Waals surface area (Å²) in [5, 5.41) is 8.18. The minimum Gasteiger partial charge on any atom is -0.469 e. The third-order valence-electron chi connectivity index (χ3n) is 11.9. The van der Waals surface area contributed by atoms with Crippen molar-refractivity contribution in [3.05, 3.63) is 101 Å². The van der Waals surface area contributed by atoms with Crippen molar-refractivity contribution in [3.63, 3.8) is 0 Å². The van der Waals surface area contributed by atoms with E-state index in [0.717, 1.165) is 50.9 Å². The van der Waals surface area contributed by atoms with Crippen LogP contribution >= 0.6 is 0 Å². The van der Waals surface area contributed by atoms with Crippen LogP contribution in [-0.2, 0) is 10.8 Å². The molecule has 0 fully saturated rings. The van der Waals surface area contributed by atoms with Crippen LogP contribution in [-0.4, -0.2) is 18.8 Å². The van der Waals surface area contributed by atoms with E-state index in [-0.39, 0.29) is 35.0 Å². The Bertz CT molecular complexity index is 1530. The lowest BCUT2D eigenvalue weighted by Gasteiger charge is -2.41. The summed E-state index contributed by atoms with van der Waals surface area (Å²) < 4.78 is 6.79. The molecule has 53 heavy (non-hydrogen) atoms. The second-order valence-electron chi connectivity index (χ2n) is 19.6. The van der Waals surface area contributed by atoms with Crippen molar-refractivity contribution in [2.75, 3.05) is 0 Å². The molecule has 0 aromatic carbocycles. The molecule has 3 nitrogen and oxygen atoms in total. The van der Waals surface area contributed by atoms with Crippen molar-refractivity contribution in [3.8, 4) is 0 Å². The molecular formula is C49H79BN2O. The third-order valence-corrected chi connectivity index (χ3v) is 11.9. The Balaban J connectivity index is 2.37. The lowest BCUT2D eigenvalue weighted by atomic mass is 9.29. The minimum absolute atomic E-state index is 0.00179. The summed E-state index contributed by atoms with van der Waals surface area (Å²) in [6, 6.07) is 0.242. The van der Waals surface area contributed by atoms with E-state index in [9.17, 15) is 0 Å². The van der Waals surface area contributed by atoms with Gasteiger partial charge in [0.25, 0.3) is 0 Å². The Kier molecular flexibility index (Phi) is 16.2. The molecule has 0 amide bonds. The maximum absolute atomic E-state index is 6.79. The first-order valence-electron chi connectivity index (χ1n) is 21.1. The Morgan fingerprint density at radius 1 is 1.06 bits per heavy atom. The van der Waals surface area contributed by atoms with Gasteiger partial charge in [0, 0.05) is 28.9 Å². The number of furan rings is 1. The highest BCUT2D eigenvalue weighted by Gasteiger charge is 2.46. The molecule has 2 aliphatic rings. The maximum atomic E-state index is 6.79. The lowest BCUT2D eigenvalue weighted by molar-refractivity contribution is 0.278. The van der Waals surface area contributed by atoms with Crippen LogP contribution in [0.25, 0.3) is 0 Å². The van der Waals surface area contributed by atoms with Crippen molar-refractivity contribution >= 4 is 12.2 Å². The van der Waals surface area contributed by atoms with Gasteiger partial charge in [0.1, 0.15) is 5.76 Å². The molecule has 0 aliphatic heterocycles. The topological polar surface area (TPSA) is 37.2 Å². The van der Waals surface area contributed by atoms with E-state index < -0.39 is 0 Å². The van der Waals surface area contributed by atoms with Crippen LogP contribution < -0.4 is 16.1 Å².